The monoisotopic (exact) mass is 362 g/mol. The van der Waals surface area contributed by atoms with Crippen molar-refractivity contribution < 1.29 is 14.4 Å². The maximum Gasteiger partial charge on any atom is 0.282 e. The Balaban J connectivity index is 1.78. The molecule has 0 spiro atoms. The molecule has 0 saturated carbocycles. The maximum absolute atomic E-state index is 12.4. The molecule has 134 valence electrons. The minimum absolute atomic E-state index is 0.0199. The predicted octanol–water partition coefficient (Wildman–Crippen LogP) is 1.88. The number of hydrogen-bond acceptors (Lipinski definition) is 5. The fourth-order valence-electron chi connectivity index (χ4n) is 3.13. The SMILES string of the molecule is NC(=O)c1ccc(N2CCCCC2)c(NC(=O)CN2CCSC2=O)c1. The molecule has 0 unspecified atom stereocenters. The third-order valence-corrected chi connectivity index (χ3v) is 5.32. The number of benzene rings is 1. The summed E-state index contributed by atoms with van der Waals surface area (Å²) < 4.78 is 0. The molecule has 25 heavy (non-hydrogen) atoms. The van der Waals surface area contributed by atoms with Crippen molar-refractivity contribution in [3.05, 3.63) is 23.8 Å². The third kappa shape index (κ3) is 4.25. The molecule has 2 saturated heterocycles. The predicted molar refractivity (Wildman–Crippen MR) is 99.1 cm³/mol. The van der Waals surface area contributed by atoms with Gasteiger partial charge in [0.05, 0.1) is 11.4 Å². The molecule has 0 aliphatic carbocycles. The molecule has 2 aliphatic heterocycles. The van der Waals surface area contributed by atoms with Crippen molar-refractivity contribution in [2.45, 2.75) is 19.3 Å². The first-order valence-corrected chi connectivity index (χ1v) is 9.43. The van der Waals surface area contributed by atoms with E-state index < -0.39 is 5.91 Å². The van der Waals surface area contributed by atoms with Crippen molar-refractivity contribution in [2.24, 2.45) is 5.73 Å². The number of amides is 3. The minimum Gasteiger partial charge on any atom is -0.370 e. The van der Waals surface area contributed by atoms with E-state index in [9.17, 15) is 14.4 Å². The zero-order valence-corrected chi connectivity index (χ0v) is 14.8. The molecule has 1 aromatic rings. The lowest BCUT2D eigenvalue weighted by atomic mass is 10.1. The van der Waals surface area contributed by atoms with E-state index in [-0.39, 0.29) is 17.7 Å². The van der Waals surface area contributed by atoms with Gasteiger partial charge in [-0.25, -0.2) is 0 Å². The van der Waals surface area contributed by atoms with Crippen LogP contribution >= 0.6 is 11.8 Å². The van der Waals surface area contributed by atoms with E-state index in [1.807, 2.05) is 6.07 Å². The molecule has 8 heteroatoms. The van der Waals surface area contributed by atoms with Crippen LogP contribution in [0.2, 0.25) is 0 Å². The van der Waals surface area contributed by atoms with Crippen LogP contribution in [-0.2, 0) is 4.79 Å². The van der Waals surface area contributed by atoms with Crippen molar-refractivity contribution >= 4 is 40.2 Å². The van der Waals surface area contributed by atoms with Gasteiger partial charge in [-0.2, -0.15) is 0 Å². The second-order valence-corrected chi connectivity index (χ2v) is 7.27. The second-order valence-electron chi connectivity index (χ2n) is 6.23. The fraction of sp³-hybridized carbons (Fsp3) is 0.471. The van der Waals surface area contributed by atoms with Gasteiger partial charge in [0.15, 0.2) is 0 Å². The van der Waals surface area contributed by atoms with Crippen LogP contribution in [0.15, 0.2) is 18.2 Å². The zero-order chi connectivity index (χ0) is 17.8. The number of nitrogens with two attached hydrogens (primary N) is 1. The van der Waals surface area contributed by atoms with E-state index in [0.29, 0.717) is 23.5 Å². The zero-order valence-electron chi connectivity index (χ0n) is 14.0. The molecular weight excluding hydrogens is 340 g/mol. The smallest absolute Gasteiger partial charge is 0.282 e. The minimum atomic E-state index is -0.535. The summed E-state index contributed by atoms with van der Waals surface area (Å²) in [6.45, 7) is 2.43. The van der Waals surface area contributed by atoms with E-state index >= 15 is 0 Å². The Morgan fingerprint density at radius 2 is 1.92 bits per heavy atom. The number of nitrogens with zero attached hydrogens (tertiary/aromatic N) is 2. The first-order chi connectivity index (χ1) is 12.0. The summed E-state index contributed by atoms with van der Waals surface area (Å²) in [6, 6.07) is 5.13. The molecule has 0 atom stereocenters. The number of rotatable bonds is 5. The van der Waals surface area contributed by atoms with Gasteiger partial charge in [-0.15, -0.1) is 0 Å². The molecule has 3 amide bonds. The fourth-order valence-corrected chi connectivity index (χ4v) is 3.96. The topological polar surface area (TPSA) is 95.7 Å². The molecule has 2 aliphatic rings. The van der Waals surface area contributed by atoms with Gasteiger partial charge in [-0.3, -0.25) is 14.4 Å². The van der Waals surface area contributed by atoms with Gasteiger partial charge in [-0.1, -0.05) is 11.8 Å². The van der Waals surface area contributed by atoms with Crippen LogP contribution in [-0.4, -0.2) is 53.9 Å². The number of thioether (sulfide) groups is 1. The highest BCUT2D eigenvalue weighted by atomic mass is 32.2. The van der Waals surface area contributed by atoms with Gasteiger partial charge in [0.1, 0.15) is 6.54 Å². The largest absolute Gasteiger partial charge is 0.370 e. The van der Waals surface area contributed by atoms with Crippen LogP contribution in [0.3, 0.4) is 0 Å². The number of nitrogens with one attached hydrogen (secondary N) is 1. The van der Waals surface area contributed by atoms with Crippen LogP contribution in [0, 0.1) is 0 Å². The van der Waals surface area contributed by atoms with Gasteiger partial charge in [0.2, 0.25) is 11.8 Å². The molecule has 2 heterocycles. The van der Waals surface area contributed by atoms with Crippen LogP contribution in [0.1, 0.15) is 29.6 Å². The van der Waals surface area contributed by atoms with E-state index in [1.165, 1.54) is 23.1 Å². The summed E-state index contributed by atoms with van der Waals surface area (Å²) in [4.78, 5) is 39.3. The van der Waals surface area contributed by atoms with E-state index in [0.717, 1.165) is 31.6 Å². The summed E-state index contributed by atoms with van der Waals surface area (Å²) >= 11 is 1.22. The lowest BCUT2D eigenvalue weighted by molar-refractivity contribution is -0.116. The molecule has 3 rings (SSSR count). The summed E-state index contributed by atoms with van der Waals surface area (Å²) in [7, 11) is 0. The van der Waals surface area contributed by atoms with Crippen molar-refractivity contribution in [1.82, 2.24) is 4.90 Å². The summed E-state index contributed by atoms with van der Waals surface area (Å²) in [5, 5.41) is 2.79. The van der Waals surface area contributed by atoms with Gasteiger partial charge in [0, 0.05) is 31.0 Å². The Labute approximate surface area is 150 Å². The Morgan fingerprint density at radius 3 is 2.56 bits per heavy atom. The molecule has 2 fully saturated rings. The highest BCUT2D eigenvalue weighted by Crippen LogP contribution is 2.30. The molecule has 7 nitrogen and oxygen atoms in total. The van der Waals surface area contributed by atoms with E-state index in [4.69, 9.17) is 5.73 Å². The molecular formula is C17H22N4O3S. The molecule has 0 aromatic heterocycles. The quantitative estimate of drug-likeness (QED) is 0.834. The number of carbonyl (C=O) groups is 3. The summed E-state index contributed by atoms with van der Waals surface area (Å²) in [6.07, 6.45) is 3.40. The average Bonchev–Trinajstić information content (AvgIpc) is 3.00. The number of hydrogen-bond donors (Lipinski definition) is 2. The molecule has 0 radical (unpaired) electrons. The Bertz CT molecular complexity index is 688. The number of piperidine rings is 1. The first kappa shape index (κ1) is 17.6. The summed E-state index contributed by atoms with van der Waals surface area (Å²) in [5.74, 6) is -0.0926. The van der Waals surface area contributed by atoms with Gasteiger partial charge in [0.25, 0.3) is 5.24 Å². The van der Waals surface area contributed by atoms with E-state index in [1.54, 1.807) is 12.1 Å². The maximum atomic E-state index is 12.4. The van der Waals surface area contributed by atoms with Crippen LogP contribution in [0.25, 0.3) is 0 Å². The van der Waals surface area contributed by atoms with Gasteiger partial charge < -0.3 is 20.9 Å². The number of carbonyl (C=O) groups excluding carboxylic acids is 3. The van der Waals surface area contributed by atoms with E-state index in [2.05, 4.69) is 10.2 Å². The van der Waals surface area contributed by atoms with Crippen LogP contribution in [0.5, 0.6) is 0 Å². The van der Waals surface area contributed by atoms with Crippen LogP contribution < -0.4 is 16.0 Å². The van der Waals surface area contributed by atoms with Crippen molar-refractivity contribution in [3.8, 4) is 0 Å². The van der Waals surface area contributed by atoms with Gasteiger partial charge in [-0.05, 0) is 37.5 Å². The lowest BCUT2D eigenvalue weighted by Crippen LogP contribution is -2.34. The van der Waals surface area contributed by atoms with Crippen molar-refractivity contribution in [3.63, 3.8) is 0 Å². The Kier molecular flexibility index (Phi) is 5.47. The first-order valence-electron chi connectivity index (χ1n) is 8.45. The second kappa shape index (κ2) is 7.77. The third-order valence-electron chi connectivity index (χ3n) is 4.43. The Morgan fingerprint density at radius 1 is 1.16 bits per heavy atom. The molecule has 1 aromatic carbocycles. The standard InChI is InChI=1S/C17H22N4O3S/c18-16(23)12-4-5-14(20-6-2-1-3-7-20)13(10-12)19-15(22)11-21-8-9-25-17(21)24/h4-5,10H,1-3,6-9,11H2,(H2,18,23)(H,19,22). The highest BCUT2D eigenvalue weighted by molar-refractivity contribution is 8.13. The normalized spacial score (nSPS) is 17.7. The highest BCUT2D eigenvalue weighted by Gasteiger charge is 2.24. The van der Waals surface area contributed by atoms with Crippen LogP contribution in [0.4, 0.5) is 16.2 Å². The number of anilines is 2. The number of primary amides is 1. The summed E-state index contributed by atoms with van der Waals surface area (Å²) in [5.41, 5.74) is 7.18. The lowest BCUT2D eigenvalue weighted by Gasteiger charge is -2.31. The Hall–Kier alpha value is -2.22. The van der Waals surface area contributed by atoms with Crippen molar-refractivity contribution in [2.75, 3.05) is 42.1 Å². The van der Waals surface area contributed by atoms with Gasteiger partial charge >= 0.3 is 0 Å². The van der Waals surface area contributed by atoms with Crippen molar-refractivity contribution in [1.29, 1.82) is 0 Å². The molecule has 0 bridgehead atoms. The average molecular weight is 362 g/mol. The molecule has 3 N–H and O–H groups in total.